The molecule has 128 valence electrons. The van der Waals surface area contributed by atoms with Crippen molar-refractivity contribution >= 4 is 17.2 Å². The van der Waals surface area contributed by atoms with Crippen molar-refractivity contribution in [3.63, 3.8) is 0 Å². The Kier molecular flexibility index (Phi) is 5.26. The van der Waals surface area contributed by atoms with Crippen LogP contribution in [0.15, 0.2) is 30.3 Å². The summed E-state index contributed by atoms with van der Waals surface area (Å²) in [6.45, 7) is 3.43. The lowest BCUT2D eigenvalue weighted by Crippen LogP contribution is -2.50. The fraction of sp³-hybridized carbons (Fsp3) is 0.389. The molecule has 1 aliphatic heterocycles. The molecular formula is C18H20F2N2OS. The number of benzene rings is 1. The van der Waals surface area contributed by atoms with Crippen LogP contribution in [-0.2, 0) is 11.2 Å². The van der Waals surface area contributed by atoms with Gasteiger partial charge in [0.1, 0.15) is 0 Å². The highest BCUT2D eigenvalue weighted by atomic mass is 32.1. The van der Waals surface area contributed by atoms with Gasteiger partial charge in [0.15, 0.2) is 11.6 Å². The lowest BCUT2D eigenvalue weighted by atomic mass is 9.86. The van der Waals surface area contributed by atoms with E-state index in [9.17, 15) is 13.6 Å². The van der Waals surface area contributed by atoms with Crippen molar-refractivity contribution in [2.45, 2.75) is 31.7 Å². The Labute approximate surface area is 144 Å². The first kappa shape index (κ1) is 17.0. The smallest absolute Gasteiger partial charge is 0.225 e. The van der Waals surface area contributed by atoms with E-state index in [4.69, 9.17) is 0 Å². The molecule has 1 aromatic heterocycles. The number of nitrogens with one attached hydrogen (secondary N) is 2. The van der Waals surface area contributed by atoms with E-state index in [1.54, 1.807) is 17.4 Å². The molecule has 0 radical (unpaired) electrons. The van der Waals surface area contributed by atoms with E-state index in [0.717, 1.165) is 29.5 Å². The third-order valence-corrected chi connectivity index (χ3v) is 5.33. The van der Waals surface area contributed by atoms with Gasteiger partial charge in [-0.05, 0) is 49.7 Å². The van der Waals surface area contributed by atoms with Gasteiger partial charge >= 0.3 is 0 Å². The normalized spacial score (nSPS) is 20.8. The monoisotopic (exact) mass is 350 g/mol. The summed E-state index contributed by atoms with van der Waals surface area (Å²) in [6, 6.07) is 7.84. The molecule has 24 heavy (non-hydrogen) atoms. The predicted octanol–water partition coefficient (Wildman–Crippen LogP) is 3.14. The van der Waals surface area contributed by atoms with Crippen LogP contribution < -0.4 is 10.6 Å². The lowest BCUT2D eigenvalue weighted by Gasteiger charge is -2.33. The van der Waals surface area contributed by atoms with Gasteiger partial charge in [-0.3, -0.25) is 4.79 Å². The molecule has 2 heterocycles. The van der Waals surface area contributed by atoms with Crippen molar-refractivity contribution < 1.29 is 13.6 Å². The molecule has 0 aliphatic carbocycles. The molecule has 0 bridgehead atoms. The summed E-state index contributed by atoms with van der Waals surface area (Å²) in [5.41, 5.74) is 0.729. The summed E-state index contributed by atoms with van der Waals surface area (Å²) in [6.07, 6.45) is 1.12. The van der Waals surface area contributed by atoms with Crippen molar-refractivity contribution in [2.24, 2.45) is 0 Å². The van der Waals surface area contributed by atoms with Gasteiger partial charge in [-0.1, -0.05) is 6.07 Å². The van der Waals surface area contributed by atoms with Crippen LogP contribution >= 0.6 is 11.3 Å². The van der Waals surface area contributed by atoms with Crippen molar-refractivity contribution in [3.8, 4) is 0 Å². The van der Waals surface area contributed by atoms with Crippen LogP contribution in [0.4, 0.5) is 8.78 Å². The van der Waals surface area contributed by atoms with Crippen LogP contribution in [0.5, 0.6) is 0 Å². The van der Waals surface area contributed by atoms with Crippen LogP contribution in [0.2, 0.25) is 0 Å². The van der Waals surface area contributed by atoms with Gasteiger partial charge in [0.2, 0.25) is 5.91 Å². The molecule has 1 amide bonds. The number of piperidine rings is 1. The van der Waals surface area contributed by atoms with Gasteiger partial charge in [-0.2, -0.15) is 0 Å². The van der Waals surface area contributed by atoms with Crippen molar-refractivity contribution in [3.05, 3.63) is 57.3 Å². The number of hydrogen-bond donors (Lipinski definition) is 2. The first-order valence-electron chi connectivity index (χ1n) is 8.03. The summed E-state index contributed by atoms with van der Waals surface area (Å²) < 4.78 is 26.7. The Bertz CT molecular complexity index is 732. The second kappa shape index (κ2) is 7.40. The number of carbonyl (C=O) groups excluding carboxylic acids is 1. The zero-order chi connectivity index (χ0) is 17.1. The zero-order valence-electron chi connectivity index (χ0n) is 13.4. The molecule has 1 saturated heterocycles. The van der Waals surface area contributed by atoms with E-state index >= 15 is 0 Å². The third-order valence-electron chi connectivity index (χ3n) is 4.33. The number of halogens is 2. The van der Waals surface area contributed by atoms with Crippen LogP contribution in [0, 0.1) is 18.6 Å². The number of aryl methyl sites for hydroxylation is 1. The Morgan fingerprint density at radius 2 is 2.12 bits per heavy atom. The van der Waals surface area contributed by atoms with E-state index < -0.39 is 11.6 Å². The summed E-state index contributed by atoms with van der Waals surface area (Å²) in [5, 5.41) is 6.30. The maximum Gasteiger partial charge on any atom is 0.225 e. The van der Waals surface area contributed by atoms with Gasteiger partial charge in [0.05, 0.1) is 6.42 Å². The SMILES string of the molecule is Cc1ccc(CC(=O)NC2CNCCC2c2ccc(F)c(F)c2)s1. The van der Waals surface area contributed by atoms with Crippen LogP contribution in [0.25, 0.3) is 0 Å². The molecule has 3 nitrogen and oxygen atoms in total. The fourth-order valence-corrected chi connectivity index (χ4v) is 4.04. The van der Waals surface area contributed by atoms with Crippen LogP contribution in [-0.4, -0.2) is 25.0 Å². The van der Waals surface area contributed by atoms with Gasteiger partial charge < -0.3 is 10.6 Å². The van der Waals surface area contributed by atoms with Gasteiger partial charge in [-0.25, -0.2) is 8.78 Å². The summed E-state index contributed by atoms with van der Waals surface area (Å²) in [7, 11) is 0. The molecule has 0 saturated carbocycles. The summed E-state index contributed by atoms with van der Waals surface area (Å²) in [5.74, 6) is -1.75. The van der Waals surface area contributed by atoms with Gasteiger partial charge in [-0.15, -0.1) is 11.3 Å². The number of hydrogen-bond acceptors (Lipinski definition) is 3. The predicted molar refractivity (Wildman–Crippen MR) is 91.3 cm³/mol. The molecule has 0 spiro atoms. The average molecular weight is 350 g/mol. The first-order valence-corrected chi connectivity index (χ1v) is 8.85. The molecule has 1 aliphatic rings. The molecule has 3 rings (SSSR count). The topological polar surface area (TPSA) is 41.1 Å². The highest BCUT2D eigenvalue weighted by Crippen LogP contribution is 2.27. The molecule has 6 heteroatoms. The number of thiophene rings is 1. The Morgan fingerprint density at radius 1 is 1.29 bits per heavy atom. The van der Waals surface area contributed by atoms with E-state index in [-0.39, 0.29) is 17.9 Å². The first-order chi connectivity index (χ1) is 11.5. The quantitative estimate of drug-likeness (QED) is 0.889. The number of carbonyl (C=O) groups is 1. The van der Waals surface area contributed by atoms with Gasteiger partial charge in [0, 0.05) is 28.3 Å². The highest BCUT2D eigenvalue weighted by molar-refractivity contribution is 7.12. The lowest BCUT2D eigenvalue weighted by molar-refractivity contribution is -0.121. The van der Waals surface area contributed by atoms with E-state index in [1.165, 1.54) is 10.9 Å². The Morgan fingerprint density at radius 3 is 2.83 bits per heavy atom. The average Bonchev–Trinajstić information content (AvgIpc) is 2.95. The number of amides is 1. The Hall–Kier alpha value is -1.79. The molecule has 1 aromatic carbocycles. The number of rotatable bonds is 4. The summed E-state index contributed by atoms with van der Waals surface area (Å²) in [4.78, 5) is 14.5. The molecule has 2 atom stereocenters. The van der Waals surface area contributed by atoms with Crippen LogP contribution in [0.3, 0.4) is 0 Å². The van der Waals surface area contributed by atoms with Crippen molar-refractivity contribution in [1.82, 2.24) is 10.6 Å². The third kappa shape index (κ3) is 3.99. The molecule has 2 unspecified atom stereocenters. The standard InChI is InChI=1S/C18H20F2N2OS/c1-11-2-4-13(24-11)9-18(23)22-17-10-21-7-6-14(17)12-3-5-15(19)16(20)8-12/h2-5,8,14,17,21H,6-7,9-10H2,1H3,(H,22,23). The Balaban J connectivity index is 1.69. The minimum atomic E-state index is -0.846. The minimum absolute atomic E-state index is 0.0182. The van der Waals surface area contributed by atoms with E-state index in [2.05, 4.69) is 10.6 Å². The maximum absolute atomic E-state index is 13.5. The minimum Gasteiger partial charge on any atom is -0.351 e. The van der Waals surface area contributed by atoms with E-state index in [1.807, 2.05) is 19.1 Å². The summed E-state index contributed by atoms with van der Waals surface area (Å²) >= 11 is 1.61. The maximum atomic E-state index is 13.5. The zero-order valence-corrected chi connectivity index (χ0v) is 14.3. The second-order valence-corrected chi connectivity index (χ2v) is 7.51. The molecular weight excluding hydrogens is 330 g/mol. The largest absolute Gasteiger partial charge is 0.351 e. The molecule has 2 aromatic rings. The van der Waals surface area contributed by atoms with Gasteiger partial charge in [0.25, 0.3) is 0 Å². The second-order valence-electron chi connectivity index (χ2n) is 6.14. The highest BCUT2D eigenvalue weighted by Gasteiger charge is 2.28. The fourth-order valence-electron chi connectivity index (χ4n) is 3.15. The van der Waals surface area contributed by atoms with Crippen LogP contribution in [0.1, 0.15) is 27.7 Å². The van der Waals surface area contributed by atoms with Crippen molar-refractivity contribution in [1.29, 1.82) is 0 Å². The molecule has 1 fully saturated rings. The van der Waals surface area contributed by atoms with Crippen molar-refractivity contribution in [2.75, 3.05) is 13.1 Å². The molecule has 2 N–H and O–H groups in total. The van der Waals surface area contributed by atoms with E-state index in [0.29, 0.717) is 13.0 Å².